The first kappa shape index (κ1) is 40.5. The summed E-state index contributed by atoms with van der Waals surface area (Å²) in [7, 11) is 30.0. The second kappa shape index (κ2) is 17.5. The minimum Gasteiger partial charge on any atom is -0.483 e. The molecule has 1 aromatic carbocycles. The summed E-state index contributed by atoms with van der Waals surface area (Å²) in [6.45, 7) is 9.58. The van der Waals surface area contributed by atoms with Gasteiger partial charge in [0, 0.05) is 79.7 Å². The topological polar surface area (TPSA) is 70.1 Å². The molecule has 0 bridgehead atoms. The number of carbonyl (C=O) groups excluding carboxylic acids is 1. The monoisotopic (exact) mass is 678 g/mol. The lowest BCUT2D eigenvalue weighted by atomic mass is 9.22. The van der Waals surface area contributed by atoms with Crippen LogP contribution in [0.1, 0.15) is 108 Å². The smallest absolute Gasteiger partial charge is 0.290 e. The molecule has 4 unspecified atom stereocenters. The molecule has 1 aromatic rings. The molecule has 0 amide bonds. The molecule has 5 aliphatic rings. The quantitative estimate of drug-likeness (QED) is 0.149. The van der Waals surface area contributed by atoms with Gasteiger partial charge in [0.25, 0.3) is 6.47 Å². The molecule has 49 heavy (non-hydrogen) atoms. The van der Waals surface area contributed by atoms with E-state index in [1.807, 2.05) is 0 Å². The number of carbonyl (C=O) groups is 2. The fraction of sp³-hybridized carbons (Fsp3) is 0.784. The molecule has 4 atom stereocenters. The Morgan fingerprint density at radius 3 is 2.35 bits per heavy atom. The highest BCUT2D eigenvalue weighted by molar-refractivity contribution is 7.96. The van der Waals surface area contributed by atoms with E-state index in [0.29, 0.717) is 29.5 Å². The van der Waals surface area contributed by atoms with Crippen LogP contribution in [-0.4, -0.2) is 107 Å². The maximum Gasteiger partial charge on any atom is 0.290 e. The number of rotatable bonds is 9. The fourth-order valence-corrected chi connectivity index (χ4v) is 10.2. The summed E-state index contributed by atoms with van der Waals surface area (Å²) in [4.78, 5) is 23.6. The number of hydrogen-bond donors (Lipinski definition) is 1. The SMILES string of the molecule is CC12CCC3c4ccc(N5CCC6(CCOCC6)CC5)cc4CCC3C1CCC2=O.O=CO.[B]C([B])([B])C([B])([B])CCCSN(C)CCC. The predicted octanol–water partition coefficient (Wildman–Crippen LogP) is 6.00. The van der Waals surface area contributed by atoms with Gasteiger partial charge in [-0.25, -0.2) is 0 Å². The molecule has 1 spiro atoms. The number of aryl methyl sites for hydroxylation is 1. The number of anilines is 1. The van der Waals surface area contributed by atoms with Gasteiger partial charge >= 0.3 is 0 Å². The van der Waals surface area contributed by atoms with Gasteiger partial charge in [0.15, 0.2) is 0 Å². The summed E-state index contributed by atoms with van der Waals surface area (Å²) in [5.74, 6) is 3.55. The first-order chi connectivity index (χ1) is 23.2. The highest BCUT2D eigenvalue weighted by Crippen LogP contribution is 2.59. The van der Waals surface area contributed by atoms with Crippen LogP contribution in [0, 0.1) is 22.7 Å². The summed E-state index contributed by atoms with van der Waals surface area (Å²) in [5.41, 5.74) is 5.23. The van der Waals surface area contributed by atoms with Gasteiger partial charge in [-0.15, -0.1) is 10.3 Å². The van der Waals surface area contributed by atoms with Gasteiger partial charge < -0.3 is 14.7 Å². The average molecular weight is 678 g/mol. The Bertz CT molecular complexity index is 1230. The van der Waals surface area contributed by atoms with Crippen LogP contribution in [-0.2, 0) is 20.7 Å². The summed E-state index contributed by atoms with van der Waals surface area (Å²) < 4.78 is 7.81. The molecule has 258 valence electrons. The van der Waals surface area contributed by atoms with Crippen molar-refractivity contribution in [3.8, 4) is 0 Å². The minimum absolute atomic E-state index is 0.00741. The average Bonchev–Trinajstić information content (AvgIpc) is 3.37. The van der Waals surface area contributed by atoms with E-state index in [9.17, 15) is 4.79 Å². The molecule has 1 N–H and O–H groups in total. The zero-order valence-corrected chi connectivity index (χ0v) is 31.2. The molecule has 12 heteroatoms. The molecule has 6 rings (SSSR count). The Hall–Kier alpha value is -1.25. The summed E-state index contributed by atoms with van der Waals surface area (Å²) in [5, 5.41) is 4.13. The van der Waals surface area contributed by atoms with Gasteiger partial charge in [-0.3, -0.25) is 13.9 Å². The Morgan fingerprint density at radius 1 is 1.04 bits per heavy atom. The Labute approximate surface area is 307 Å². The number of piperidine rings is 1. The van der Waals surface area contributed by atoms with Crippen molar-refractivity contribution in [2.24, 2.45) is 22.7 Å². The van der Waals surface area contributed by atoms with Crippen molar-refractivity contribution < 1.29 is 19.4 Å². The van der Waals surface area contributed by atoms with Crippen LogP contribution in [0.3, 0.4) is 0 Å². The first-order valence-electron chi connectivity index (χ1n) is 18.6. The molecule has 2 saturated carbocycles. The van der Waals surface area contributed by atoms with Gasteiger partial charge in [0.05, 0.1) is 15.7 Å². The van der Waals surface area contributed by atoms with Gasteiger partial charge in [0.2, 0.25) is 0 Å². The highest BCUT2D eigenvalue weighted by Gasteiger charge is 2.54. The van der Waals surface area contributed by atoms with Crippen LogP contribution in [0.4, 0.5) is 5.69 Å². The molecular weight excluding hydrogens is 623 g/mol. The first-order valence-corrected chi connectivity index (χ1v) is 19.5. The van der Waals surface area contributed by atoms with Gasteiger partial charge in [-0.1, -0.05) is 38.3 Å². The van der Waals surface area contributed by atoms with E-state index in [4.69, 9.17) is 53.9 Å². The number of carboxylic acid groups (broad SMARTS) is 1. The third-order valence-corrected chi connectivity index (χ3v) is 13.6. The maximum atomic E-state index is 12.6. The Kier molecular flexibility index (Phi) is 14.5. The molecule has 2 heterocycles. The van der Waals surface area contributed by atoms with E-state index in [1.54, 1.807) is 23.1 Å². The van der Waals surface area contributed by atoms with Gasteiger partial charge in [0.1, 0.15) is 5.78 Å². The third kappa shape index (κ3) is 9.80. The normalized spacial score (nSPS) is 27.6. The van der Waals surface area contributed by atoms with Crippen molar-refractivity contribution in [3.63, 3.8) is 0 Å². The largest absolute Gasteiger partial charge is 0.483 e. The van der Waals surface area contributed by atoms with Crippen LogP contribution >= 0.6 is 11.9 Å². The zero-order chi connectivity index (χ0) is 35.9. The number of ketones is 1. The molecule has 10 radical (unpaired) electrons. The molecular formula is C37H55B5N2O4S. The number of hydrogen-bond acceptors (Lipinski definition) is 6. The van der Waals surface area contributed by atoms with E-state index in [2.05, 4.69) is 48.3 Å². The van der Waals surface area contributed by atoms with Crippen molar-refractivity contribution in [1.29, 1.82) is 0 Å². The lowest BCUT2D eigenvalue weighted by molar-refractivity contribution is -0.129. The molecule has 2 saturated heterocycles. The molecule has 2 aliphatic heterocycles. The van der Waals surface area contributed by atoms with E-state index in [0.717, 1.165) is 63.5 Å². The minimum atomic E-state index is -1.53. The second-order valence-corrected chi connectivity index (χ2v) is 17.0. The molecule has 4 fully saturated rings. The van der Waals surface area contributed by atoms with E-state index in [1.165, 1.54) is 63.7 Å². The second-order valence-electron chi connectivity index (χ2n) is 15.7. The number of nitrogens with zero attached hydrogens (tertiary/aromatic N) is 2. The van der Waals surface area contributed by atoms with E-state index >= 15 is 0 Å². The maximum absolute atomic E-state index is 12.6. The summed E-state index contributed by atoms with van der Waals surface area (Å²) in [6, 6.07) is 7.41. The number of benzene rings is 1. The Morgan fingerprint density at radius 2 is 1.71 bits per heavy atom. The van der Waals surface area contributed by atoms with Crippen LogP contribution in [0.15, 0.2) is 18.2 Å². The zero-order valence-electron chi connectivity index (χ0n) is 30.3. The van der Waals surface area contributed by atoms with Crippen LogP contribution < -0.4 is 4.90 Å². The lowest BCUT2D eigenvalue weighted by Gasteiger charge is -2.48. The van der Waals surface area contributed by atoms with Crippen LogP contribution in [0.5, 0.6) is 0 Å². The highest BCUT2D eigenvalue weighted by atomic mass is 32.2. The number of ether oxygens (including phenoxy) is 1. The van der Waals surface area contributed by atoms with Crippen molar-refractivity contribution >= 4 is 69.1 Å². The predicted molar refractivity (Wildman–Crippen MR) is 207 cm³/mol. The third-order valence-electron chi connectivity index (χ3n) is 12.6. The van der Waals surface area contributed by atoms with Crippen LogP contribution in [0.25, 0.3) is 0 Å². The molecule has 3 aliphatic carbocycles. The molecule has 0 aromatic heterocycles. The standard InChI is InChI=1S/C27H37NO2.C9H16B5NS.CH2O2/c1-26-9-8-22-21-5-3-20(28-14-10-27(11-15-28)12-16-30-17-13-27)18-19(21)2-4-23(22)24(26)6-7-25(26)29;1-3-6-15(2)16-7-4-5-8(10,11)9(12,13)14;2-1-3/h3,5,18,22-24H,2,4,6-17H2,1H3;3-7H2,1-2H3;1H,(H,2,3). The van der Waals surface area contributed by atoms with Crippen molar-refractivity contribution in [2.45, 2.75) is 114 Å². The molecule has 6 nitrogen and oxygen atoms in total. The van der Waals surface area contributed by atoms with Crippen molar-refractivity contribution in [2.75, 3.05) is 50.5 Å². The van der Waals surface area contributed by atoms with Crippen molar-refractivity contribution in [1.82, 2.24) is 4.31 Å². The van der Waals surface area contributed by atoms with E-state index < -0.39 is 10.3 Å². The van der Waals surface area contributed by atoms with Gasteiger partial charge in [-0.2, -0.15) is 0 Å². The number of Topliss-reactive ketones (excluding diaryl/α,β-unsaturated/α-hetero) is 1. The van der Waals surface area contributed by atoms with Crippen molar-refractivity contribution in [3.05, 3.63) is 29.3 Å². The fourth-order valence-electron chi connectivity index (χ4n) is 9.26. The lowest BCUT2D eigenvalue weighted by Crippen LogP contribution is -2.43. The van der Waals surface area contributed by atoms with Crippen LogP contribution in [0.2, 0.25) is 10.3 Å². The van der Waals surface area contributed by atoms with E-state index in [-0.39, 0.29) is 11.9 Å². The number of fused-ring (bicyclic) bond motifs is 5. The van der Waals surface area contributed by atoms with Gasteiger partial charge in [-0.05, 0) is 124 Å². The Balaban J connectivity index is 0.000000243. The summed E-state index contributed by atoms with van der Waals surface area (Å²) in [6.07, 6.45) is 14.4. The summed E-state index contributed by atoms with van der Waals surface area (Å²) >= 11 is 1.75.